The fourth-order valence-corrected chi connectivity index (χ4v) is 4.14. The zero-order valence-corrected chi connectivity index (χ0v) is 19.2. The third-order valence-electron chi connectivity index (χ3n) is 4.45. The van der Waals surface area contributed by atoms with Crippen LogP contribution in [0.15, 0.2) is 29.2 Å². The van der Waals surface area contributed by atoms with Gasteiger partial charge in [0.1, 0.15) is 16.6 Å². The lowest BCUT2D eigenvalue weighted by Crippen LogP contribution is -2.33. The number of rotatable bonds is 4. The highest BCUT2D eigenvalue weighted by Crippen LogP contribution is 2.40. The van der Waals surface area contributed by atoms with Crippen molar-refractivity contribution in [2.24, 2.45) is 0 Å². The van der Waals surface area contributed by atoms with E-state index in [0.29, 0.717) is 10.7 Å². The van der Waals surface area contributed by atoms with Crippen LogP contribution < -0.4 is 0 Å². The number of nitrogens with zero attached hydrogens (tertiary/aromatic N) is 1. The van der Waals surface area contributed by atoms with E-state index in [1.54, 1.807) is 12.2 Å². The first-order valence-corrected chi connectivity index (χ1v) is 10.5. The Hall–Kier alpha value is -2.12. The minimum absolute atomic E-state index is 0.229. The number of phenolic OH excluding ortho intramolecular Hbond substituents is 1. The number of phenols is 1. The number of hydrogen-bond acceptors (Lipinski definition) is 5. The van der Waals surface area contributed by atoms with Crippen molar-refractivity contribution in [2.45, 2.75) is 52.4 Å². The summed E-state index contributed by atoms with van der Waals surface area (Å²) in [4.78, 5) is 24.7. The highest BCUT2D eigenvalue weighted by molar-refractivity contribution is 8.26. The number of hydrogen-bond donors (Lipinski definition) is 2. The average molecular weight is 434 g/mol. The monoisotopic (exact) mass is 433 g/mol. The van der Waals surface area contributed by atoms with E-state index in [1.807, 2.05) is 18.2 Å². The Morgan fingerprint density at radius 1 is 1.14 bits per heavy atom. The van der Waals surface area contributed by atoms with Gasteiger partial charge in [-0.25, -0.2) is 0 Å². The lowest BCUT2D eigenvalue weighted by atomic mass is 9.78. The third kappa shape index (κ3) is 5.48. The van der Waals surface area contributed by atoms with E-state index in [1.165, 1.54) is 0 Å². The van der Waals surface area contributed by atoms with Crippen LogP contribution in [0.2, 0.25) is 0 Å². The van der Waals surface area contributed by atoms with Crippen LogP contribution in [-0.2, 0) is 20.4 Å². The maximum Gasteiger partial charge on any atom is 0.323 e. The summed E-state index contributed by atoms with van der Waals surface area (Å²) in [5, 5.41) is 19.7. The summed E-state index contributed by atoms with van der Waals surface area (Å²) in [6, 6.07) is 3.90. The number of thioether (sulfide) groups is 1. The molecule has 1 amide bonds. The smallest absolute Gasteiger partial charge is 0.323 e. The minimum atomic E-state index is -1.10. The predicted molar refractivity (Wildman–Crippen MR) is 122 cm³/mol. The molecule has 156 valence electrons. The number of carbonyl (C=O) groups excluding carboxylic acids is 1. The molecule has 0 bridgehead atoms. The molecule has 5 nitrogen and oxygen atoms in total. The van der Waals surface area contributed by atoms with E-state index in [9.17, 15) is 14.7 Å². The third-order valence-corrected chi connectivity index (χ3v) is 5.85. The summed E-state index contributed by atoms with van der Waals surface area (Å²) in [6.07, 6.45) is 5.26. The molecule has 2 N–H and O–H groups in total. The first-order chi connectivity index (χ1) is 13.2. The van der Waals surface area contributed by atoms with Crippen molar-refractivity contribution in [3.05, 3.63) is 45.9 Å². The van der Waals surface area contributed by atoms with E-state index in [0.717, 1.165) is 33.4 Å². The van der Waals surface area contributed by atoms with Crippen molar-refractivity contribution in [1.82, 2.24) is 4.90 Å². The second-order valence-electron chi connectivity index (χ2n) is 9.01. The normalized spacial score (nSPS) is 17.0. The molecule has 0 aromatic heterocycles. The molecule has 1 aliphatic heterocycles. The number of carboxylic acids is 1. The number of carboxylic acid groups (broad SMARTS) is 1. The summed E-state index contributed by atoms with van der Waals surface area (Å²) in [5.41, 5.74) is 2.17. The number of aliphatic carboxylic acids is 1. The second-order valence-corrected chi connectivity index (χ2v) is 10.7. The summed E-state index contributed by atoms with van der Waals surface area (Å²) >= 11 is 6.19. The average Bonchev–Trinajstić information content (AvgIpc) is 2.81. The van der Waals surface area contributed by atoms with Crippen molar-refractivity contribution < 1.29 is 19.8 Å². The van der Waals surface area contributed by atoms with E-state index in [4.69, 9.17) is 17.3 Å². The number of benzene rings is 1. The van der Waals surface area contributed by atoms with Gasteiger partial charge in [-0.2, -0.15) is 0 Å². The summed E-state index contributed by atoms with van der Waals surface area (Å²) in [7, 11) is 0. The number of allylic oxidation sites excluding steroid dienone is 2. The van der Waals surface area contributed by atoms with Gasteiger partial charge in [0.25, 0.3) is 5.91 Å². The molecule has 0 saturated carbocycles. The van der Waals surface area contributed by atoms with Gasteiger partial charge in [0.05, 0.1) is 4.91 Å². The lowest BCUT2D eigenvalue weighted by Gasteiger charge is -2.27. The van der Waals surface area contributed by atoms with E-state index < -0.39 is 18.4 Å². The number of thiocarbonyl (C=S) groups is 1. The highest BCUT2D eigenvalue weighted by Gasteiger charge is 2.33. The summed E-state index contributed by atoms with van der Waals surface area (Å²) in [6.45, 7) is 11.9. The molecule has 1 saturated heterocycles. The van der Waals surface area contributed by atoms with E-state index in [-0.39, 0.29) is 15.2 Å². The van der Waals surface area contributed by atoms with Crippen molar-refractivity contribution in [3.63, 3.8) is 0 Å². The SMILES string of the molecule is CC(C)(C)c1cc(C=CC=C2SC(=S)N(CC(=O)O)C2=O)cc(C(C)(C)C)c1O. The Morgan fingerprint density at radius 3 is 2.10 bits per heavy atom. The van der Waals surface area contributed by atoms with E-state index >= 15 is 0 Å². The Morgan fingerprint density at radius 2 is 1.66 bits per heavy atom. The van der Waals surface area contributed by atoms with Crippen molar-refractivity contribution in [3.8, 4) is 5.75 Å². The zero-order valence-electron chi connectivity index (χ0n) is 17.6. The summed E-state index contributed by atoms with van der Waals surface area (Å²) < 4.78 is 0.242. The maximum absolute atomic E-state index is 12.3. The quantitative estimate of drug-likeness (QED) is 0.523. The van der Waals surface area contributed by atoms with Crippen molar-refractivity contribution in [1.29, 1.82) is 0 Å². The van der Waals surface area contributed by atoms with Gasteiger partial charge in [0, 0.05) is 11.1 Å². The van der Waals surface area contributed by atoms with Crippen LogP contribution in [0.5, 0.6) is 5.75 Å². The predicted octanol–water partition coefficient (Wildman–Crippen LogP) is 4.83. The largest absolute Gasteiger partial charge is 0.507 e. The summed E-state index contributed by atoms with van der Waals surface area (Å²) in [5.74, 6) is -1.19. The minimum Gasteiger partial charge on any atom is -0.507 e. The molecule has 0 unspecified atom stereocenters. The Balaban J connectivity index is 2.38. The lowest BCUT2D eigenvalue weighted by molar-refractivity contribution is -0.140. The molecular formula is C22H27NO4S2. The van der Waals surface area contributed by atoms with Gasteiger partial charge in [-0.3, -0.25) is 14.5 Å². The molecule has 7 heteroatoms. The Labute approximate surface area is 181 Å². The van der Waals surface area contributed by atoms with Gasteiger partial charge in [0.2, 0.25) is 0 Å². The molecule has 1 heterocycles. The van der Waals surface area contributed by atoms with Gasteiger partial charge in [-0.05, 0) is 34.6 Å². The van der Waals surface area contributed by atoms with Crippen LogP contribution in [0.4, 0.5) is 0 Å². The first-order valence-electron chi connectivity index (χ1n) is 9.23. The zero-order chi connectivity index (χ0) is 22.1. The van der Waals surface area contributed by atoms with Crippen LogP contribution in [-0.4, -0.2) is 37.9 Å². The standard InChI is InChI=1S/C22H27NO4S2/c1-21(2,3)14-10-13(11-15(18(14)26)22(4,5)6)8-7-9-16-19(27)23(12-17(24)25)20(28)29-16/h7-11,26H,12H2,1-6H3,(H,24,25). The van der Waals surface area contributed by atoms with Crippen molar-refractivity contribution >= 4 is 46.3 Å². The molecule has 0 atom stereocenters. The number of carbonyl (C=O) groups is 2. The molecule has 0 radical (unpaired) electrons. The molecule has 1 aromatic rings. The number of amides is 1. The Kier molecular flexibility index (Phi) is 6.65. The fraction of sp³-hybridized carbons (Fsp3) is 0.409. The van der Waals surface area contributed by atoms with Crippen LogP contribution in [0.25, 0.3) is 6.08 Å². The van der Waals surface area contributed by atoms with Crippen LogP contribution in [0.1, 0.15) is 58.2 Å². The molecule has 0 aliphatic carbocycles. The molecule has 1 aliphatic rings. The van der Waals surface area contributed by atoms with Gasteiger partial charge >= 0.3 is 5.97 Å². The van der Waals surface area contributed by atoms with Crippen molar-refractivity contribution in [2.75, 3.05) is 6.54 Å². The van der Waals surface area contributed by atoms with Gasteiger partial charge in [0.15, 0.2) is 0 Å². The van der Waals surface area contributed by atoms with Gasteiger partial charge in [-0.15, -0.1) is 0 Å². The van der Waals surface area contributed by atoms with E-state index in [2.05, 4.69) is 41.5 Å². The molecule has 1 fully saturated rings. The molecule has 0 spiro atoms. The van der Waals surface area contributed by atoms with Crippen LogP contribution >= 0.6 is 24.0 Å². The van der Waals surface area contributed by atoms with Gasteiger partial charge < -0.3 is 10.2 Å². The van der Waals surface area contributed by atoms with Crippen LogP contribution in [0, 0.1) is 0 Å². The molecule has 1 aromatic carbocycles. The second kappa shape index (κ2) is 8.32. The number of aromatic hydroxyl groups is 1. The highest BCUT2D eigenvalue weighted by atomic mass is 32.2. The molecular weight excluding hydrogens is 406 g/mol. The van der Waals surface area contributed by atoms with Crippen LogP contribution in [0.3, 0.4) is 0 Å². The van der Waals surface area contributed by atoms with Gasteiger partial charge in [-0.1, -0.05) is 77.7 Å². The maximum atomic E-state index is 12.3. The Bertz CT molecular complexity index is 883. The molecule has 2 rings (SSSR count). The fourth-order valence-electron chi connectivity index (χ4n) is 2.93. The molecule has 29 heavy (non-hydrogen) atoms. The topological polar surface area (TPSA) is 77.8 Å². The first kappa shape index (κ1) is 23.2.